The van der Waals surface area contributed by atoms with Crippen LogP contribution in [0.4, 0.5) is 0 Å². The number of esters is 1. The van der Waals surface area contributed by atoms with Crippen molar-refractivity contribution in [1.29, 1.82) is 0 Å². The van der Waals surface area contributed by atoms with Crippen LogP contribution in [0.3, 0.4) is 0 Å². The Morgan fingerprint density at radius 3 is 2.73 bits per heavy atom. The van der Waals surface area contributed by atoms with Crippen molar-refractivity contribution in [3.05, 3.63) is 31.2 Å². The van der Waals surface area contributed by atoms with E-state index in [2.05, 4.69) is 13.2 Å². The first-order chi connectivity index (χ1) is 5.18. The lowest BCUT2D eigenvalue weighted by Crippen LogP contribution is -2.05. The summed E-state index contributed by atoms with van der Waals surface area (Å²) in [6.07, 6.45) is 4.23. The van der Waals surface area contributed by atoms with Gasteiger partial charge >= 0.3 is 5.97 Å². The summed E-state index contributed by atoms with van der Waals surface area (Å²) in [7, 11) is 0. The third kappa shape index (κ3) is 5.40. The molecule has 2 nitrogen and oxygen atoms in total. The highest BCUT2D eigenvalue weighted by Gasteiger charge is 2.00. The molecule has 0 aliphatic heterocycles. The van der Waals surface area contributed by atoms with Crippen LogP contribution in [-0.4, -0.2) is 12.6 Å². The van der Waals surface area contributed by atoms with E-state index in [0.717, 1.165) is 0 Å². The van der Waals surface area contributed by atoms with Crippen molar-refractivity contribution in [3.63, 3.8) is 0 Å². The largest absolute Gasteiger partial charge is 0.462 e. The number of hydrogen-bond acceptors (Lipinski definition) is 2. The minimum atomic E-state index is -0.331. The predicted octanol–water partition coefficient (Wildman–Crippen LogP) is 1.89. The van der Waals surface area contributed by atoms with Crippen molar-refractivity contribution in [1.82, 2.24) is 0 Å². The molecule has 0 unspecified atom stereocenters. The Balaban J connectivity index is 3.31. The second-order valence-electron chi connectivity index (χ2n) is 2.18. The smallest absolute Gasteiger partial charge is 0.333 e. The third-order valence-corrected chi connectivity index (χ3v) is 1.03. The summed E-state index contributed by atoms with van der Waals surface area (Å²) in [6.45, 7) is 8.97. The Morgan fingerprint density at radius 2 is 2.27 bits per heavy atom. The maximum Gasteiger partial charge on any atom is 0.333 e. The van der Waals surface area contributed by atoms with E-state index in [4.69, 9.17) is 4.74 Å². The quantitative estimate of drug-likeness (QED) is 0.342. The van der Waals surface area contributed by atoms with Crippen LogP contribution < -0.4 is 0 Å². The molecule has 2 heteroatoms. The molecular formula is C9H13O2. The zero-order valence-electron chi connectivity index (χ0n) is 6.80. The molecule has 0 rings (SSSR count). The number of hydrogen-bond donors (Lipinski definition) is 0. The van der Waals surface area contributed by atoms with Crippen LogP contribution in [0.5, 0.6) is 0 Å². The molecule has 0 spiro atoms. The van der Waals surface area contributed by atoms with E-state index < -0.39 is 0 Å². The van der Waals surface area contributed by atoms with E-state index in [0.29, 0.717) is 18.6 Å². The monoisotopic (exact) mass is 153 g/mol. The van der Waals surface area contributed by atoms with Gasteiger partial charge in [-0.05, 0) is 19.8 Å². The number of ether oxygens (including phenoxy) is 1. The van der Waals surface area contributed by atoms with Gasteiger partial charge in [-0.1, -0.05) is 12.7 Å². The third-order valence-electron chi connectivity index (χ3n) is 1.03. The summed E-state index contributed by atoms with van der Waals surface area (Å²) >= 11 is 0. The SMILES string of the molecule is C=C[CH]CCOC(=O)C(=C)C. The first-order valence-electron chi connectivity index (χ1n) is 3.45. The van der Waals surface area contributed by atoms with Crippen molar-refractivity contribution in [3.8, 4) is 0 Å². The maximum absolute atomic E-state index is 10.7. The Hall–Kier alpha value is -1.05. The van der Waals surface area contributed by atoms with Crippen molar-refractivity contribution in [2.45, 2.75) is 13.3 Å². The van der Waals surface area contributed by atoms with Gasteiger partial charge in [-0.15, -0.1) is 6.58 Å². The number of rotatable bonds is 5. The molecule has 0 saturated carbocycles. The fraction of sp³-hybridized carbons (Fsp3) is 0.333. The lowest BCUT2D eigenvalue weighted by atomic mass is 10.3. The van der Waals surface area contributed by atoms with E-state index in [1.54, 1.807) is 13.0 Å². The number of carbonyl (C=O) groups excluding carboxylic acids is 1. The molecule has 0 saturated heterocycles. The molecule has 11 heavy (non-hydrogen) atoms. The minimum Gasteiger partial charge on any atom is -0.462 e. The Labute approximate surface area is 67.6 Å². The van der Waals surface area contributed by atoms with Gasteiger partial charge < -0.3 is 4.74 Å². The Bertz CT molecular complexity index is 159. The van der Waals surface area contributed by atoms with E-state index in [1.807, 2.05) is 6.42 Å². The molecule has 0 aliphatic rings. The van der Waals surface area contributed by atoms with Gasteiger partial charge in [0.05, 0.1) is 6.61 Å². The molecule has 1 radical (unpaired) electrons. The van der Waals surface area contributed by atoms with Crippen LogP contribution in [-0.2, 0) is 9.53 Å². The standard InChI is InChI=1S/C9H13O2/c1-4-5-6-7-11-9(10)8(2)3/h4-5H,1-2,6-7H2,3H3. The topological polar surface area (TPSA) is 26.3 Å². The fourth-order valence-electron chi connectivity index (χ4n) is 0.461. The summed E-state index contributed by atoms with van der Waals surface area (Å²) < 4.78 is 4.79. The molecule has 0 amide bonds. The first kappa shape index (κ1) is 9.95. The van der Waals surface area contributed by atoms with Gasteiger partial charge in [0.15, 0.2) is 0 Å². The van der Waals surface area contributed by atoms with Crippen LogP contribution in [0, 0.1) is 6.42 Å². The van der Waals surface area contributed by atoms with Crippen LogP contribution in [0.2, 0.25) is 0 Å². The molecule has 0 aromatic rings. The molecule has 0 aliphatic carbocycles. The van der Waals surface area contributed by atoms with E-state index >= 15 is 0 Å². The van der Waals surface area contributed by atoms with E-state index in [1.165, 1.54) is 0 Å². The molecule has 61 valence electrons. The van der Waals surface area contributed by atoms with Crippen LogP contribution in [0.15, 0.2) is 24.8 Å². The summed E-state index contributed by atoms with van der Waals surface area (Å²) in [5, 5.41) is 0. The molecule has 0 atom stereocenters. The van der Waals surface area contributed by atoms with Crippen LogP contribution in [0.1, 0.15) is 13.3 Å². The van der Waals surface area contributed by atoms with Crippen LogP contribution in [0.25, 0.3) is 0 Å². The normalized spacial score (nSPS) is 8.82. The average molecular weight is 153 g/mol. The van der Waals surface area contributed by atoms with Crippen molar-refractivity contribution >= 4 is 5.97 Å². The number of unbranched alkanes of at least 4 members (excludes halogenated alkanes) is 1. The highest BCUT2D eigenvalue weighted by atomic mass is 16.5. The summed E-state index contributed by atoms with van der Waals surface area (Å²) in [6, 6.07) is 0. The van der Waals surface area contributed by atoms with Crippen molar-refractivity contribution in [2.24, 2.45) is 0 Å². The molecule has 0 aromatic carbocycles. The highest BCUT2D eigenvalue weighted by molar-refractivity contribution is 5.86. The van der Waals surface area contributed by atoms with Gasteiger partial charge in [-0.3, -0.25) is 0 Å². The van der Waals surface area contributed by atoms with Gasteiger partial charge in [0.25, 0.3) is 0 Å². The molecule has 0 bridgehead atoms. The van der Waals surface area contributed by atoms with Gasteiger partial charge in [0.1, 0.15) is 0 Å². The first-order valence-corrected chi connectivity index (χ1v) is 3.45. The average Bonchev–Trinajstić information content (AvgIpc) is 1.97. The Morgan fingerprint density at radius 1 is 1.64 bits per heavy atom. The zero-order chi connectivity index (χ0) is 8.69. The fourth-order valence-corrected chi connectivity index (χ4v) is 0.461. The van der Waals surface area contributed by atoms with Crippen molar-refractivity contribution < 1.29 is 9.53 Å². The van der Waals surface area contributed by atoms with E-state index in [9.17, 15) is 4.79 Å². The second kappa shape index (κ2) is 5.71. The van der Waals surface area contributed by atoms with Gasteiger partial charge in [0.2, 0.25) is 0 Å². The molecule has 0 N–H and O–H groups in total. The number of allylic oxidation sites excluding steroid dienone is 1. The number of carbonyl (C=O) groups is 1. The lowest BCUT2D eigenvalue weighted by Gasteiger charge is -2.01. The Kier molecular flexibility index (Phi) is 5.17. The summed E-state index contributed by atoms with van der Waals surface area (Å²) in [5.74, 6) is -0.331. The zero-order valence-corrected chi connectivity index (χ0v) is 6.80. The molecular weight excluding hydrogens is 140 g/mol. The molecule has 0 fully saturated rings. The minimum absolute atomic E-state index is 0.331. The van der Waals surface area contributed by atoms with Crippen molar-refractivity contribution in [2.75, 3.05) is 6.61 Å². The second-order valence-corrected chi connectivity index (χ2v) is 2.18. The molecule has 0 aromatic heterocycles. The van der Waals surface area contributed by atoms with Gasteiger partial charge in [-0.2, -0.15) is 0 Å². The summed E-state index contributed by atoms with van der Waals surface area (Å²) in [4.78, 5) is 10.7. The summed E-state index contributed by atoms with van der Waals surface area (Å²) in [5.41, 5.74) is 0.434. The van der Waals surface area contributed by atoms with Crippen LogP contribution >= 0.6 is 0 Å². The van der Waals surface area contributed by atoms with E-state index in [-0.39, 0.29) is 5.97 Å². The van der Waals surface area contributed by atoms with Gasteiger partial charge in [0, 0.05) is 5.57 Å². The maximum atomic E-state index is 10.7. The molecule has 0 heterocycles. The highest BCUT2D eigenvalue weighted by Crippen LogP contribution is 1.94. The van der Waals surface area contributed by atoms with Gasteiger partial charge in [-0.25, -0.2) is 4.79 Å². The lowest BCUT2D eigenvalue weighted by molar-refractivity contribution is -0.138. The predicted molar refractivity (Wildman–Crippen MR) is 44.9 cm³/mol.